The molecule has 9 nitrogen and oxygen atoms in total. The van der Waals surface area contributed by atoms with Crippen LogP contribution in [0.4, 0.5) is 11.4 Å². The van der Waals surface area contributed by atoms with Crippen LogP contribution in [0.15, 0.2) is 23.3 Å². The topological polar surface area (TPSA) is 142 Å². The highest BCUT2D eigenvalue weighted by Gasteiger charge is 2.16. The van der Waals surface area contributed by atoms with Gasteiger partial charge in [0.15, 0.2) is 0 Å². The molecule has 0 unspecified atom stereocenters. The largest absolute Gasteiger partial charge is 0.481 e. The van der Waals surface area contributed by atoms with Gasteiger partial charge in [0.2, 0.25) is 0 Å². The van der Waals surface area contributed by atoms with Crippen molar-refractivity contribution >= 4 is 40.6 Å². The highest BCUT2D eigenvalue weighted by Crippen LogP contribution is 2.27. The minimum absolute atomic E-state index is 0.0958. The van der Waals surface area contributed by atoms with Crippen molar-refractivity contribution < 1.29 is 24.7 Å². The first-order valence-corrected chi connectivity index (χ1v) is 5.90. The summed E-state index contributed by atoms with van der Waals surface area (Å²) in [5.41, 5.74) is 1.33. The zero-order valence-electron chi connectivity index (χ0n) is 10.4. The van der Waals surface area contributed by atoms with Gasteiger partial charge in [0.1, 0.15) is 11.4 Å². The van der Waals surface area contributed by atoms with E-state index in [0.29, 0.717) is 0 Å². The molecule has 0 atom stereocenters. The summed E-state index contributed by atoms with van der Waals surface area (Å²) in [5, 5.41) is 31.9. The molecule has 0 saturated carbocycles. The minimum Gasteiger partial charge on any atom is -0.481 e. The van der Waals surface area contributed by atoms with Crippen molar-refractivity contribution in [2.45, 2.75) is 12.8 Å². The van der Waals surface area contributed by atoms with Gasteiger partial charge in [0.05, 0.1) is 11.3 Å². The number of carboxylic acid groups (broad SMARTS) is 2. The fourth-order valence-corrected chi connectivity index (χ4v) is 1.49. The first-order valence-electron chi connectivity index (χ1n) is 5.53. The van der Waals surface area contributed by atoms with E-state index < -0.39 is 29.0 Å². The van der Waals surface area contributed by atoms with Gasteiger partial charge in [-0.1, -0.05) is 11.6 Å². The Labute approximate surface area is 123 Å². The highest BCUT2D eigenvalue weighted by atomic mass is 35.5. The number of hydrazone groups is 1. The molecule has 10 heteroatoms. The summed E-state index contributed by atoms with van der Waals surface area (Å²) in [5.74, 6) is -2.61. The molecule has 0 aliphatic rings. The van der Waals surface area contributed by atoms with Crippen molar-refractivity contribution in [3.05, 3.63) is 33.3 Å². The SMILES string of the molecule is O=C(O)CCC(=NNc1cc(Cl)ccc1[N+](=O)[O-])C(=O)O. The van der Waals surface area contributed by atoms with E-state index in [2.05, 4.69) is 10.5 Å². The summed E-state index contributed by atoms with van der Waals surface area (Å²) in [6.45, 7) is 0. The Morgan fingerprint density at radius 1 is 1.33 bits per heavy atom. The predicted octanol–water partition coefficient (Wildman–Crippen LogP) is 1.97. The van der Waals surface area contributed by atoms with Crippen molar-refractivity contribution in [2.75, 3.05) is 5.43 Å². The molecule has 0 aliphatic carbocycles. The van der Waals surface area contributed by atoms with Gasteiger partial charge in [-0.2, -0.15) is 5.10 Å². The average Bonchev–Trinajstić information content (AvgIpc) is 2.37. The Hall–Kier alpha value is -2.68. The molecule has 1 rings (SSSR count). The number of carbonyl (C=O) groups is 2. The first kappa shape index (κ1) is 16.4. The van der Waals surface area contributed by atoms with Crippen LogP contribution in [0.25, 0.3) is 0 Å². The summed E-state index contributed by atoms with van der Waals surface area (Å²) in [7, 11) is 0. The van der Waals surface area contributed by atoms with E-state index in [1.165, 1.54) is 12.1 Å². The number of nitrogens with one attached hydrogen (secondary N) is 1. The number of halogens is 1. The maximum absolute atomic E-state index is 10.9. The molecule has 3 N–H and O–H groups in total. The molecule has 1 aromatic carbocycles. The molecule has 0 bridgehead atoms. The average molecular weight is 316 g/mol. The van der Waals surface area contributed by atoms with Crippen molar-refractivity contribution in [1.29, 1.82) is 0 Å². The summed E-state index contributed by atoms with van der Waals surface area (Å²) < 4.78 is 0. The zero-order chi connectivity index (χ0) is 16.0. The molecule has 21 heavy (non-hydrogen) atoms. The number of rotatable bonds is 7. The molecule has 0 fully saturated rings. The molecule has 0 saturated heterocycles. The van der Waals surface area contributed by atoms with Crippen LogP contribution in [0.2, 0.25) is 5.02 Å². The second-order valence-electron chi connectivity index (χ2n) is 3.79. The quantitative estimate of drug-likeness (QED) is 0.396. The molecule has 0 heterocycles. The lowest BCUT2D eigenvalue weighted by atomic mass is 10.2. The van der Waals surface area contributed by atoms with Crippen molar-refractivity contribution in [2.24, 2.45) is 5.10 Å². The Morgan fingerprint density at radius 3 is 2.52 bits per heavy atom. The Kier molecular flexibility index (Phi) is 5.61. The minimum atomic E-state index is -1.42. The van der Waals surface area contributed by atoms with Gasteiger partial charge >= 0.3 is 11.9 Å². The molecular weight excluding hydrogens is 306 g/mol. The van der Waals surface area contributed by atoms with Crippen LogP contribution in [-0.2, 0) is 9.59 Å². The normalized spacial score (nSPS) is 11.0. The molecule has 0 radical (unpaired) electrons. The molecule has 0 spiro atoms. The third-order valence-electron chi connectivity index (χ3n) is 2.29. The van der Waals surface area contributed by atoms with Crippen LogP contribution in [0.3, 0.4) is 0 Å². The fourth-order valence-electron chi connectivity index (χ4n) is 1.32. The smallest absolute Gasteiger partial charge is 0.352 e. The van der Waals surface area contributed by atoms with Crippen LogP contribution >= 0.6 is 11.6 Å². The van der Waals surface area contributed by atoms with E-state index in [4.69, 9.17) is 21.8 Å². The summed E-state index contributed by atoms with van der Waals surface area (Å²) in [4.78, 5) is 31.4. The number of anilines is 1. The van der Waals surface area contributed by atoms with Gasteiger partial charge in [-0.05, 0) is 12.1 Å². The third kappa shape index (κ3) is 5.07. The van der Waals surface area contributed by atoms with Crippen LogP contribution in [0, 0.1) is 10.1 Å². The number of benzene rings is 1. The van der Waals surface area contributed by atoms with E-state index in [1.807, 2.05) is 0 Å². The number of aliphatic carboxylic acids is 2. The molecule has 0 aliphatic heterocycles. The maximum atomic E-state index is 10.9. The molecular formula is C11H10ClN3O6. The Bertz CT molecular complexity index is 616. The van der Waals surface area contributed by atoms with Gasteiger partial charge in [-0.3, -0.25) is 20.3 Å². The summed E-state index contributed by atoms with van der Waals surface area (Å²) in [6, 6.07) is 3.65. The van der Waals surface area contributed by atoms with Crippen molar-refractivity contribution in [1.82, 2.24) is 0 Å². The fraction of sp³-hybridized carbons (Fsp3) is 0.182. The van der Waals surface area contributed by atoms with E-state index in [0.717, 1.165) is 6.07 Å². The summed E-state index contributed by atoms with van der Waals surface area (Å²) >= 11 is 5.70. The molecule has 0 aromatic heterocycles. The van der Waals surface area contributed by atoms with Crippen LogP contribution < -0.4 is 5.43 Å². The molecule has 112 valence electrons. The van der Waals surface area contributed by atoms with Gasteiger partial charge in [-0.15, -0.1) is 0 Å². The molecule has 1 aromatic rings. The van der Waals surface area contributed by atoms with Crippen LogP contribution in [0.5, 0.6) is 0 Å². The first-order chi connectivity index (χ1) is 9.81. The van der Waals surface area contributed by atoms with Gasteiger partial charge in [-0.25, -0.2) is 4.79 Å². The van der Waals surface area contributed by atoms with Crippen molar-refractivity contribution in [3.8, 4) is 0 Å². The van der Waals surface area contributed by atoms with Gasteiger partial charge in [0, 0.05) is 17.5 Å². The zero-order valence-corrected chi connectivity index (χ0v) is 11.2. The van der Waals surface area contributed by atoms with Crippen LogP contribution in [-0.4, -0.2) is 32.8 Å². The lowest BCUT2D eigenvalue weighted by molar-refractivity contribution is -0.384. The standard InChI is InChI=1S/C11H10ClN3O6/c12-6-1-3-9(15(20)21)8(5-6)14-13-7(11(18)19)2-4-10(16)17/h1,3,5,14H,2,4H2,(H,16,17)(H,18,19). The second-order valence-corrected chi connectivity index (χ2v) is 4.22. The number of nitrogens with zero attached hydrogens (tertiary/aromatic N) is 2. The Balaban J connectivity index is 2.99. The number of hydrogen-bond donors (Lipinski definition) is 3. The third-order valence-corrected chi connectivity index (χ3v) is 2.52. The number of nitro groups is 1. The summed E-state index contributed by atoms with van der Waals surface area (Å²) in [6.07, 6.45) is -0.753. The van der Waals surface area contributed by atoms with Gasteiger partial charge < -0.3 is 10.2 Å². The Morgan fingerprint density at radius 2 is 2.00 bits per heavy atom. The number of nitro benzene ring substituents is 1. The number of hydrogen-bond acceptors (Lipinski definition) is 6. The van der Waals surface area contributed by atoms with Gasteiger partial charge in [0.25, 0.3) is 5.69 Å². The van der Waals surface area contributed by atoms with E-state index in [1.54, 1.807) is 0 Å². The van der Waals surface area contributed by atoms with Crippen LogP contribution in [0.1, 0.15) is 12.8 Å². The highest BCUT2D eigenvalue weighted by molar-refractivity contribution is 6.36. The maximum Gasteiger partial charge on any atom is 0.352 e. The monoisotopic (exact) mass is 315 g/mol. The van der Waals surface area contributed by atoms with E-state index in [-0.39, 0.29) is 22.8 Å². The predicted molar refractivity (Wildman–Crippen MR) is 73.7 cm³/mol. The van der Waals surface area contributed by atoms with Crippen molar-refractivity contribution in [3.63, 3.8) is 0 Å². The lowest BCUT2D eigenvalue weighted by Crippen LogP contribution is -2.16. The van der Waals surface area contributed by atoms with E-state index >= 15 is 0 Å². The second kappa shape index (κ2) is 7.20. The van der Waals surface area contributed by atoms with E-state index in [9.17, 15) is 19.7 Å². The lowest BCUT2D eigenvalue weighted by Gasteiger charge is -2.04. The number of carboxylic acids is 2. The molecule has 0 amide bonds.